The first-order valence-electron chi connectivity index (χ1n) is 2.16. The van der Waals surface area contributed by atoms with Crippen molar-refractivity contribution in [1.29, 1.82) is 0 Å². The molecule has 1 aromatic heterocycles. The molecule has 0 saturated heterocycles. The van der Waals surface area contributed by atoms with Gasteiger partial charge in [-0.15, -0.1) is 0 Å². The van der Waals surface area contributed by atoms with E-state index in [1.807, 2.05) is 6.07 Å². The Morgan fingerprint density at radius 1 is 1.67 bits per heavy atom. The molecule has 0 aliphatic heterocycles. The van der Waals surface area contributed by atoms with Crippen LogP contribution in [0.25, 0.3) is 0 Å². The largest absolute Gasteiger partial charge is 0.242 e. The molecular formula is C5H2BrClIN. The zero-order valence-corrected chi connectivity index (χ0v) is 8.74. The van der Waals surface area contributed by atoms with Gasteiger partial charge in [-0.05, 0) is 44.6 Å². The van der Waals surface area contributed by atoms with Gasteiger partial charge in [-0.3, -0.25) is 0 Å². The summed E-state index contributed by atoms with van der Waals surface area (Å²) in [5.41, 5.74) is 0. The second-order valence-corrected chi connectivity index (χ2v) is 3.88. The number of aromatic nitrogens is 1. The van der Waals surface area contributed by atoms with Gasteiger partial charge in [0.05, 0.1) is 4.47 Å². The van der Waals surface area contributed by atoms with Gasteiger partial charge in [-0.2, -0.15) is 0 Å². The molecule has 9 heavy (non-hydrogen) atoms. The van der Waals surface area contributed by atoms with Crippen molar-refractivity contribution in [1.82, 2.24) is 4.98 Å². The van der Waals surface area contributed by atoms with Crippen LogP contribution >= 0.6 is 50.1 Å². The lowest BCUT2D eigenvalue weighted by Gasteiger charge is -1.92. The summed E-state index contributed by atoms with van der Waals surface area (Å²) in [6.45, 7) is 0. The average Bonchev–Trinajstić information content (AvgIpc) is 1.80. The van der Waals surface area contributed by atoms with E-state index in [9.17, 15) is 0 Å². The molecule has 1 nitrogen and oxygen atoms in total. The standard InChI is InChI=1S/C5H2BrClIN/c6-4-1-3(8)2-9-5(4)7/h1-2H. The van der Waals surface area contributed by atoms with Crippen LogP contribution in [0.4, 0.5) is 0 Å². The summed E-state index contributed by atoms with van der Waals surface area (Å²) < 4.78 is 1.92. The van der Waals surface area contributed by atoms with Crippen LogP contribution in [0.5, 0.6) is 0 Å². The van der Waals surface area contributed by atoms with Crippen molar-refractivity contribution in [3.63, 3.8) is 0 Å². The highest BCUT2D eigenvalue weighted by molar-refractivity contribution is 14.1. The maximum Gasteiger partial charge on any atom is 0.143 e. The first-order chi connectivity index (χ1) is 4.20. The normalized spacial score (nSPS) is 9.67. The molecule has 0 N–H and O–H groups in total. The highest BCUT2D eigenvalue weighted by Gasteiger charge is 1.95. The third kappa shape index (κ3) is 2.05. The number of hydrogen-bond donors (Lipinski definition) is 0. The van der Waals surface area contributed by atoms with Crippen molar-refractivity contribution in [2.24, 2.45) is 0 Å². The van der Waals surface area contributed by atoms with Gasteiger partial charge in [0, 0.05) is 9.77 Å². The maximum atomic E-state index is 5.62. The van der Waals surface area contributed by atoms with Crippen LogP contribution in [0, 0.1) is 3.57 Å². The summed E-state index contributed by atoms with van der Waals surface area (Å²) >= 11 is 11.0. The Bertz CT molecular complexity index is 228. The van der Waals surface area contributed by atoms with Gasteiger partial charge in [0.2, 0.25) is 0 Å². The van der Waals surface area contributed by atoms with Gasteiger partial charge < -0.3 is 0 Å². The van der Waals surface area contributed by atoms with Gasteiger partial charge in [-0.1, -0.05) is 11.6 Å². The Kier molecular flexibility index (Phi) is 2.73. The van der Waals surface area contributed by atoms with Crippen LogP contribution in [0.15, 0.2) is 16.7 Å². The number of pyridine rings is 1. The van der Waals surface area contributed by atoms with Crippen molar-refractivity contribution in [3.05, 3.63) is 25.5 Å². The van der Waals surface area contributed by atoms with Crippen LogP contribution in [-0.2, 0) is 0 Å². The van der Waals surface area contributed by atoms with E-state index in [0.29, 0.717) is 5.15 Å². The molecule has 1 aromatic rings. The molecule has 0 aliphatic carbocycles. The molecule has 0 saturated carbocycles. The topological polar surface area (TPSA) is 12.9 Å². The smallest absolute Gasteiger partial charge is 0.143 e. The van der Waals surface area contributed by atoms with Crippen LogP contribution in [0.3, 0.4) is 0 Å². The van der Waals surface area contributed by atoms with E-state index < -0.39 is 0 Å². The fourth-order valence-corrected chi connectivity index (χ4v) is 1.73. The van der Waals surface area contributed by atoms with Crippen LogP contribution in [-0.4, -0.2) is 4.98 Å². The second kappa shape index (κ2) is 3.16. The van der Waals surface area contributed by atoms with Crippen molar-refractivity contribution < 1.29 is 0 Å². The van der Waals surface area contributed by atoms with E-state index in [4.69, 9.17) is 11.6 Å². The van der Waals surface area contributed by atoms with Gasteiger partial charge in [0.15, 0.2) is 0 Å². The highest BCUT2D eigenvalue weighted by Crippen LogP contribution is 2.20. The molecule has 0 unspecified atom stereocenters. The molecule has 0 aromatic carbocycles. The Morgan fingerprint density at radius 3 is 2.78 bits per heavy atom. The number of hydrogen-bond acceptors (Lipinski definition) is 1. The summed E-state index contributed by atoms with van der Waals surface area (Å²) in [5.74, 6) is 0. The molecule has 0 bridgehead atoms. The molecule has 0 amide bonds. The Hall–Kier alpha value is 0.650. The third-order valence-corrected chi connectivity index (χ3v) is 2.49. The third-order valence-electron chi connectivity index (χ3n) is 0.763. The number of rotatable bonds is 0. The zero-order valence-electron chi connectivity index (χ0n) is 4.24. The van der Waals surface area contributed by atoms with Crippen molar-refractivity contribution >= 4 is 50.1 Å². The molecular weight excluding hydrogens is 316 g/mol. The minimum atomic E-state index is 0.510. The van der Waals surface area contributed by atoms with Crippen LogP contribution in [0.1, 0.15) is 0 Å². The minimum absolute atomic E-state index is 0.510. The lowest BCUT2D eigenvalue weighted by Crippen LogP contribution is -1.77. The van der Waals surface area contributed by atoms with Crippen molar-refractivity contribution in [2.45, 2.75) is 0 Å². The fraction of sp³-hybridized carbons (Fsp3) is 0. The van der Waals surface area contributed by atoms with Gasteiger partial charge in [0.1, 0.15) is 5.15 Å². The molecule has 1 rings (SSSR count). The van der Waals surface area contributed by atoms with Crippen LogP contribution in [0.2, 0.25) is 5.15 Å². The van der Waals surface area contributed by atoms with Gasteiger partial charge in [0.25, 0.3) is 0 Å². The van der Waals surface area contributed by atoms with E-state index in [1.165, 1.54) is 0 Å². The summed E-state index contributed by atoms with van der Waals surface area (Å²) in [6, 6.07) is 1.91. The van der Waals surface area contributed by atoms with Gasteiger partial charge in [-0.25, -0.2) is 4.98 Å². The maximum absolute atomic E-state index is 5.62. The fourth-order valence-electron chi connectivity index (χ4n) is 0.398. The van der Waals surface area contributed by atoms with Gasteiger partial charge >= 0.3 is 0 Å². The Labute approximate surface area is 80.1 Å². The van der Waals surface area contributed by atoms with Crippen molar-refractivity contribution in [3.8, 4) is 0 Å². The molecule has 0 fully saturated rings. The molecule has 0 radical (unpaired) electrons. The summed E-state index contributed by atoms with van der Waals surface area (Å²) in [7, 11) is 0. The molecule has 0 spiro atoms. The number of halogens is 3. The van der Waals surface area contributed by atoms with E-state index in [0.717, 1.165) is 8.04 Å². The molecule has 1 heterocycles. The highest BCUT2D eigenvalue weighted by atomic mass is 127. The van der Waals surface area contributed by atoms with Crippen LogP contribution < -0.4 is 0 Å². The first kappa shape index (κ1) is 7.75. The molecule has 48 valence electrons. The lowest BCUT2D eigenvalue weighted by molar-refractivity contribution is 1.29. The van der Waals surface area contributed by atoms with E-state index in [1.54, 1.807) is 6.20 Å². The Morgan fingerprint density at radius 2 is 2.33 bits per heavy atom. The quantitative estimate of drug-likeness (QED) is 0.529. The minimum Gasteiger partial charge on any atom is -0.242 e. The lowest BCUT2D eigenvalue weighted by atomic mass is 10.5. The molecule has 0 atom stereocenters. The predicted molar refractivity (Wildman–Crippen MR) is 49.7 cm³/mol. The molecule has 4 heteroatoms. The summed E-state index contributed by atoms with van der Waals surface area (Å²) in [6.07, 6.45) is 1.72. The zero-order chi connectivity index (χ0) is 6.85. The summed E-state index contributed by atoms with van der Waals surface area (Å²) in [4.78, 5) is 3.89. The average molecular weight is 318 g/mol. The Balaban J connectivity index is 3.17. The monoisotopic (exact) mass is 317 g/mol. The number of nitrogens with zero attached hydrogens (tertiary/aromatic N) is 1. The van der Waals surface area contributed by atoms with E-state index in [2.05, 4.69) is 43.5 Å². The van der Waals surface area contributed by atoms with E-state index in [-0.39, 0.29) is 0 Å². The summed E-state index contributed by atoms with van der Waals surface area (Å²) in [5, 5.41) is 0.510. The van der Waals surface area contributed by atoms with E-state index >= 15 is 0 Å². The SMILES string of the molecule is Clc1ncc(I)cc1Br. The first-order valence-corrected chi connectivity index (χ1v) is 4.41. The van der Waals surface area contributed by atoms with Crippen molar-refractivity contribution in [2.75, 3.05) is 0 Å². The predicted octanol–water partition coefficient (Wildman–Crippen LogP) is 3.10. The molecule has 0 aliphatic rings. The second-order valence-electron chi connectivity index (χ2n) is 1.43.